The lowest BCUT2D eigenvalue weighted by Crippen LogP contribution is -2.11. The van der Waals surface area contributed by atoms with E-state index in [1.807, 2.05) is 54.7 Å². The van der Waals surface area contributed by atoms with E-state index in [-0.39, 0.29) is 5.91 Å². The zero-order chi connectivity index (χ0) is 18.8. The predicted molar refractivity (Wildman–Crippen MR) is 104 cm³/mol. The number of anilines is 1. The lowest BCUT2D eigenvalue weighted by atomic mass is 10.0. The molecule has 6 heteroatoms. The fourth-order valence-electron chi connectivity index (χ4n) is 2.84. The Bertz CT molecular complexity index is 1150. The number of fused-ring (bicyclic) bond motifs is 1. The molecular weight excluding hydrogens is 340 g/mol. The number of aromatic nitrogens is 2. The van der Waals surface area contributed by atoms with E-state index in [1.165, 1.54) is 0 Å². The van der Waals surface area contributed by atoms with E-state index >= 15 is 0 Å². The van der Waals surface area contributed by atoms with E-state index in [0.29, 0.717) is 22.6 Å². The number of amides is 2. The highest BCUT2D eigenvalue weighted by Crippen LogP contribution is 2.21. The van der Waals surface area contributed by atoms with Crippen LogP contribution in [0.25, 0.3) is 16.8 Å². The summed E-state index contributed by atoms with van der Waals surface area (Å²) in [5.41, 5.74) is 9.23. The number of nitrogens with two attached hydrogens (primary N) is 1. The van der Waals surface area contributed by atoms with Crippen molar-refractivity contribution in [2.24, 2.45) is 5.73 Å². The number of nitrogens with one attached hydrogen (secondary N) is 1. The van der Waals surface area contributed by atoms with Crippen molar-refractivity contribution >= 4 is 23.1 Å². The lowest BCUT2D eigenvalue weighted by molar-refractivity contribution is 0.0997. The molecule has 2 heterocycles. The molecule has 4 rings (SSSR count). The Balaban J connectivity index is 1.65. The first-order valence-electron chi connectivity index (χ1n) is 8.35. The van der Waals surface area contributed by atoms with E-state index in [4.69, 9.17) is 5.73 Å². The minimum Gasteiger partial charge on any atom is -0.366 e. The molecule has 0 fully saturated rings. The third kappa shape index (κ3) is 3.41. The number of carbonyl (C=O) groups is 2. The van der Waals surface area contributed by atoms with Crippen LogP contribution in [0.2, 0.25) is 0 Å². The van der Waals surface area contributed by atoms with Gasteiger partial charge < -0.3 is 15.5 Å². The second-order valence-corrected chi connectivity index (χ2v) is 6.07. The molecule has 6 nitrogen and oxygen atoms in total. The molecule has 2 amide bonds. The number of primary amides is 1. The molecular formula is C21H16N4O2. The molecule has 0 aliphatic carbocycles. The summed E-state index contributed by atoms with van der Waals surface area (Å²) in [6.45, 7) is 0. The van der Waals surface area contributed by atoms with Crippen molar-refractivity contribution in [1.82, 2.24) is 9.38 Å². The van der Waals surface area contributed by atoms with Gasteiger partial charge in [-0.2, -0.15) is 0 Å². The standard InChI is InChI=1S/C21H16N4O2/c22-20(26)15-6-4-5-14(11-15)16-9-10-19-24-18(13-25(19)12-16)21(27)23-17-7-2-1-3-8-17/h1-13H,(H2,22,26)(H,23,27). The largest absolute Gasteiger partial charge is 0.366 e. The van der Waals surface area contributed by atoms with Crippen LogP contribution in [0.4, 0.5) is 5.69 Å². The van der Waals surface area contributed by atoms with Gasteiger partial charge >= 0.3 is 0 Å². The Labute approximate surface area is 155 Å². The average molecular weight is 356 g/mol. The molecule has 0 saturated heterocycles. The quantitative estimate of drug-likeness (QED) is 0.587. The van der Waals surface area contributed by atoms with E-state index < -0.39 is 5.91 Å². The zero-order valence-electron chi connectivity index (χ0n) is 14.3. The topological polar surface area (TPSA) is 89.5 Å². The molecule has 0 spiro atoms. The summed E-state index contributed by atoms with van der Waals surface area (Å²) in [5, 5.41) is 2.82. The highest BCUT2D eigenvalue weighted by atomic mass is 16.2. The number of rotatable bonds is 4. The highest BCUT2D eigenvalue weighted by molar-refractivity contribution is 6.03. The highest BCUT2D eigenvalue weighted by Gasteiger charge is 2.12. The monoisotopic (exact) mass is 356 g/mol. The van der Waals surface area contributed by atoms with Gasteiger partial charge in [0.1, 0.15) is 11.3 Å². The van der Waals surface area contributed by atoms with Crippen LogP contribution >= 0.6 is 0 Å². The van der Waals surface area contributed by atoms with Gasteiger partial charge in [-0.25, -0.2) is 4.98 Å². The normalized spacial score (nSPS) is 10.7. The molecule has 0 unspecified atom stereocenters. The van der Waals surface area contributed by atoms with Gasteiger partial charge in [0.25, 0.3) is 5.91 Å². The number of benzene rings is 2. The summed E-state index contributed by atoms with van der Waals surface area (Å²) in [4.78, 5) is 28.2. The van der Waals surface area contributed by atoms with Crippen LogP contribution in [-0.4, -0.2) is 21.2 Å². The third-order valence-electron chi connectivity index (χ3n) is 4.20. The Hall–Kier alpha value is -3.93. The maximum Gasteiger partial charge on any atom is 0.275 e. The zero-order valence-corrected chi connectivity index (χ0v) is 14.3. The van der Waals surface area contributed by atoms with E-state index in [2.05, 4.69) is 10.3 Å². The van der Waals surface area contributed by atoms with Crippen LogP contribution in [-0.2, 0) is 0 Å². The smallest absolute Gasteiger partial charge is 0.275 e. The Morgan fingerprint density at radius 3 is 2.48 bits per heavy atom. The summed E-state index contributed by atoms with van der Waals surface area (Å²) in [7, 11) is 0. The number of imidazole rings is 1. The van der Waals surface area contributed by atoms with Crippen molar-refractivity contribution in [3.05, 3.63) is 90.4 Å². The molecule has 0 bridgehead atoms. The second-order valence-electron chi connectivity index (χ2n) is 6.07. The molecule has 0 atom stereocenters. The predicted octanol–water partition coefficient (Wildman–Crippen LogP) is 3.35. The van der Waals surface area contributed by atoms with Crippen molar-refractivity contribution < 1.29 is 9.59 Å². The van der Waals surface area contributed by atoms with Crippen molar-refractivity contribution in [2.75, 3.05) is 5.32 Å². The van der Waals surface area contributed by atoms with E-state index in [9.17, 15) is 9.59 Å². The summed E-state index contributed by atoms with van der Waals surface area (Å²) < 4.78 is 1.78. The van der Waals surface area contributed by atoms with Crippen LogP contribution in [0.3, 0.4) is 0 Å². The fourth-order valence-corrected chi connectivity index (χ4v) is 2.84. The Morgan fingerprint density at radius 1 is 0.889 bits per heavy atom. The van der Waals surface area contributed by atoms with Crippen LogP contribution in [0, 0.1) is 0 Å². The fraction of sp³-hybridized carbons (Fsp3) is 0. The lowest BCUT2D eigenvalue weighted by Gasteiger charge is -2.04. The number of hydrogen-bond acceptors (Lipinski definition) is 3. The molecule has 4 aromatic rings. The van der Waals surface area contributed by atoms with Crippen LogP contribution < -0.4 is 11.1 Å². The van der Waals surface area contributed by atoms with Gasteiger partial charge in [-0.1, -0.05) is 30.3 Å². The van der Waals surface area contributed by atoms with Gasteiger partial charge in [-0.15, -0.1) is 0 Å². The maximum atomic E-state index is 12.4. The Kier molecular flexibility index (Phi) is 4.14. The summed E-state index contributed by atoms with van der Waals surface area (Å²) in [6, 6.07) is 20.0. The molecule has 132 valence electrons. The summed E-state index contributed by atoms with van der Waals surface area (Å²) in [5.74, 6) is -0.748. The minimum atomic E-state index is -0.472. The van der Waals surface area contributed by atoms with Crippen molar-refractivity contribution in [3.8, 4) is 11.1 Å². The number of carbonyl (C=O) groups excluding carboxylic acids is 2. The SMILES string of the molecule is NC(=O)c1cccc(-c2ccc3nc(C(=O)Nc4ccccc4)cn3c2)c1. The average Bonchev–Trinajstić information content (AvgIpc) is 3.12. The molecule has 0 saturated carbocycles. The molecule has 27 heavy (non-hydrogen) atoms. The van der Waals surface area contributed by atoms with E-state index in [0.717, 1.165) is 11.1 Å². The summed E-state index contributed by atoms with van der Waals surface area (Å²) in [6.07, 6.45) is 3.54. The Morgan fingerprint density at radius 2 is 1.70 bits per heavy atom. The first-order chi connectivity index (χ1) is 13.1. The van der Waals surface area contributed by atoms with Crippen LogP contribution in [0.15, 0.2) is 79.1 Å². The number of hydrogen-bond donors (Lipinski definition) is 2. The molecule has 2 aromatic carbocycles. The molecule has 2 aromatic heterocycles. The van der Waals surface area contributed by atoms with Gasteiger partial charge in [-0.05, 0) is 47.5 Å². The number of para-hydroxylation sites is 1. The molecule has 0 aliphatic rings. The van der Waals surface area contributed by atoms with Gasteiger partial charge in [-0.3, -0.25) is 9.59 Å². The molecule has 3 N–H and O–H groups in total. The van der Waals surface area contributed by atoms with Crippen LogP contribution in [0.1, 0.15) is 20.8 Å². The third-order valence-corrected chi connectivity index (χ3v) is 4.20. The molecule has 0 aliphatic heterocycles. The minimum absolute atomic E-state index is 0.276. The van der Waals surface area contributed by atoms with Crippen molar-refractivity contribution in [2.45, 2.75) is 0 Å². The number of nitrogens with zero attached hydrogens (tertiary/aromatic N) is 2. The van der Waals surface area contributed by atoms with Gasteiger partial charge in [0, 0.05) is 23.6 Å². The van der Waals surface area contributed by atoms with Gasteiger partial charge in [0.2, 0.25) is 5.91 Å². The van der Waals surface area contributed by atoms with Crippen molar-refractivity contribution in [3.63, 3.8) is 0 Å². The van der Waals surface area contributed by atoms with Crippen molar-refractivity contribution in [1.29, 1.82) is 0 Å². The van der Waals surface area contributed by atoms with Crippen LogP contribution in [0.5, 0.6) is 0 Å². The van der Waals surface area contributed by atoms with Gasteiger partial charge in [0.05, 0.1) is 0 Å². The van der Waals surface area contributed by atoms with Gasteiger partial charge in [0.15, 0.2) is 0 Å². The second kappa shape index (κ2) is 6.76. The van der Waals surface area contributed by atoms with E-state index in [1.54, 1.807) is 28.8 Å². The maximum absolute atomic E-state index is 12.4. The summed E-state index contributed by atoms with van der Waals surface area (Å²) >= 11 is 0. The molecule has 0 radical (unpaired) electrons. The first-order valence-corrected chi connectivity index (χ1v) is 8.35. The number of pyridine rings is 1. The first kappa shape index (κ1) is 16.5.